The summed E-state index contributed by atoms with van der Waals surface area (Å²) in [5.41, 5.74) is 0. The minimum absolute atomic E-state index is 0.175. The molecule has 0 aromatic heterocycles. The molecule has 100 valence electrons. The van der Waals surface area contributed by atoms with Crippen molar-refractivity contribution >= 4 is 6.29 Å². The van der Waals surface area contributed by atoms with Crippen molar-refractivity contribution in [2.24, 2.45) is 0 Å². The third-order valence-electron chi connectivity index (χ3n) is 2.43. The van der Waals surface area contributed by atoms with Crippen molar-refractivity contribution in [2.75, 3.05) is 13.4 Å². The van der Waals surface area contributed by atoms with E-state index in [1.807, 2.05) is 13.0 Å². The van der Waals surface area contributed by atoms with E-state index in [1.54, 1.807) is 0 Å². The lowest BCUT2D eigenvalue weighted by Gasteiger charge is -2.05. The van der Waals surface area contributed by atoms with Crippen LogP contribution in [0.2, 0.25) is 0 Å². The summed E-state index contributed by atoms with van der Waals surface area (Å²) in [5, 5.41) is 0. The lowest BCUT2D eigenvalue weighted by molar-refractivity contribution is -0.111. The Kier molecular flexibility index (Phi) is 12.6. The number of aldehydes is 1. The van der Waals surface area contributed by atoms with E-state index in [0.29, 0.717) is 12.4 Å². The largest absolute Gasteiger partial charge is 0.464 e. The molecular weight excluding hydrogens is 216 g/mol. The van der Waals surface area contributed by atoms with Crippen LogP contribution in [0.5, 0.6) is 0 Å². The second-order valence-corrected chi connectivity index (χ2v) is 4.10. The number of hydrogen-bond acceptors (Lipinski definition) is 3. The summed E-state index contributed by atoms with van der Waals surface area (Å²) in [4.78, 5) is 10.7. The summed E-state index contributed by atoms with van der Waals surface area (Å²) in [6, 6.07) is 0. The van der Waals surface area contributed by atoms with Crippen LogP contribution in [0.3, 0.4) is 0 Å². The molecule has 0 rings (SSSR count). The molecule has 3 heteroatoms. The monoisotopic (exact) mass is 242 g/mol. The standard InChI is InChI=1S/C14H26O3/c1-3-5-6-7-8-9-10-14(12-15)17-13-16-11-4-2/h10,12H,3-9,11,13H2,1-2H3/b14-10+. The molecule has 0 aliphatic heterocycles. The first-order chi connectivity index (χ1) is 8.35. The van der Waals surface area contributed by atoms with E-state index >= 15 is 0 Å². The highest BCUT2D eigenvalue weighted by Gasteiger charge is 1.95. The lowest BCUT2D eigenvalue weighted by Crippen LogP contribution is -2.01. The normalized spacial score (nSPS) is 11.5. The second kappa shape index (κ2) is 13.2. The molecular formula is C14H26O3. The van der Waals surface area contributed by atoms with Crippen LogP contribution in [0, 0.1) is 0 Å². The van der Waals surface area contributed by atoms with E-state index in [-0.39, 0.29) is 6.79 Å². The van der Waals surface area contributed by atoms with Gasteiger partial charge < -0.3 is 9.47 Å². The molecule has 3 nitrogen and oxygen atoms in total. The third-order valence-corrected chi connectivity index (χ3v) is 2.43. The summed E-state index contributed by atoms with van der Waals surface area (Å²) < 4.78 is 10.3. The van der Waals surface area contributed by atoms with Gasteiger partial charge in [-0.3, -0.25) is 4.79 Å². The topological polar surface area (TPSA) is 35.5 Å². The van der Waals surface area contributed by atoms with Gasteiger partial charge in [-0.05, 0) is 25.3 Å². The summed E-state index contributed by atoms with van der Waals surface area (Å²) in [5.74, 6) is 0.400. The second-order valence-electron chi connectivity index (χ2n) is 4.10. The summed E-state index contributed by atoms with van der Waals surface area (Å²) in [6.45, 7) is 5.08. The van der Waals surface area contributed by atoms with Gasteiger partial charge in [-0.2, -0.15) is 0 Å². The van der Waals surface area contributed by atoms with Crippen molar-refractivity contribution in [3.05, 3.63) is 11.8 Å². The minimum atomic E-state index is 0.175. The SMILES string of the molecule is CCCCCCC/C=C(\C=O)OCOCCC. The number of hydrogen-bond donors (Lipinski definition) is 0. The lowest BCUT2D eigenvalue weighted by atomic mass is 10.1. The maximum atomic E-state index is 10.7. The maximum absolute atomic E-state index is 10.7. The van der Waals surface area contributed by atoms with E-state index in [0.717, 1.165) is 25.5 Å². The van der Waals surface area contributed by atoms with Crippen molar-refractivity contribution in [1.29, 1.82) is 0 Å². The summed E-state index contributed by atoms with van der Waals surface area (Å²) >= 11 is 0. The molecule has 0 spiro atoms. The molecule has 0 aromatic rings. The molecule has 0 saturated heterocycles. The molecule has 0 aliphatic carbocycles. The molecule has 0 aromatic carbocycles. The van der Waals surface area contributed by atoms with Crippen LogP contribution in [0.15, 0.2) is 11.8 Å². The molecule has 0 unspecified atom stereocenters. The zero-order valence-electron chi connectivity index (χ0n) is 11.2. The zero-order valence-corrected chi connectivity index (χ0v) is 11.2. The van der Waals surface area contributed by atoms with Gasteiger partial charge in [0.05, 0.1) is 6.61 Å². The third kappa shape index (κ3) is 11.4. The molecule has 17 heavy (non-hydrogen) atoms. The highest BCUT2D eigenvalue weighted by Crippen LogP contribution is 2.07. The number of ether oxygens (including phenoxy) is 2. The Labute approximate surface area is 105 Å². The summed E-state index contributed by atoms with van der Waals surface area (Å²) in [6.07, 6.45) is 10.7. The van der Waals surface area contributed by atoms with Crippen molar-refractivity contribution in [2.45, 2.75) is 58.8 Å². The Hall–Kier alpha value is -0.830. The molecule has 0 saturated carbocycles. The van der Waals surface area contributed by atoms with Crippen LogP contribution in [0.25, 0.3) is 0 Å². The van der Waals surface area contributed by atoms with Gasteiger partial charge in [0.25, 0.3) is 0 Å². The Balaban J connectivity index is 3.52. The van der Waals surface area contributed by atoms with Crippen molar-refractivity contribution in [3.8, 4) is 0 Å². The molecule has 0 amide bonds. The smallest absolute Gasteiger partial charge is 0.189 e. The molecule has 0 radical (unpaired) electrons. The van der Waals surface area contributed by atoms with E-state index < -0.39 is 0 Å². The Morgan fingerprint density at radius 1 is 1.06 bits per heavy atom. The van der Waals surface area contributed by atoms with Gasteiger partial charge in [0.2, 0.25) is 0 Å². The highest BCUT2D eigenvalue weighted by atomic mass is 16.7. The molecule has 0 atom stereocenters. The van der Waals surface area contributed by atoms with Crippen molar-refractivity contribution < 1.29 is 14.3 Å². The molecule has 0 N–H and O–H groups in total. The number of rotatable bonds is 12. The quantitative estimate of drug-likeness (QED) is 0.171. The molecule has 0 fully saturated rings. The molecule has 0 bridgehead atoms. The van der Waals surface area contributed by atoms with Crippen LogP contribution in [0.1, 0.15) is 58.8 Å². The van der Waals surface area contributed by atoms with Crippen LogP contribution in [0.4, 0.5) is 0 Å². The van der Waals surface area contributed by atoms with Gasteiger partial charge >= 0.3 is 0 Å². The fraction of sp³-hybridized carbons (Fsp3) is 0.786. The van der Waals surface area contributed by atoms with Crippen LogP contribution in [-0.2, 0) is 14.3 Å². The van der Waals surface area contributed by atoms with E-state index in [2.05, 4.69) is 6.92 Å². The Morgan fingerprint density at radius 3 is 2.47 bits per heavy atom. The van der Waals surface area contributed by atoms with Crippen LogP contribution >= 0.6 is 0 Å². The van der Waals surface area contributed by atoms with Crippen LogP contribution in [-0.4, -0.2) is 19.7 Å². The molecule has 0 heterocycles. The highest BCUT2D eigenvalue weighted by molar-refractivity contribution is 5.69. The van der Waals surface area contributed by atoms with E-state index in [9.17, 15) is 4.79 Å². The van der Waals surface area contributed by atoms with Gasteiger partial charge in [-0.25, -0.2) is 0 Å². The fourth-order valence-electron chi connectivity index (χ4n) is 1.45. The minimum Gasteiger partial charge on any atom is -0.464 e. The Bertz CT molecular complexity index is 200. The Morgan fingerprint density at radius 2 is 1.82 bits per heavy atom. The number of carbonyl (C=O) groups excluding carboxylic acids is 1. The number of allylic oxidation sites excluding steroid dienone is 2. The number of carbonyl (C=O) groups is 1. The van der Waals surface area contributed by atoms with E-state index in [4.69, 9.17) is 9.47 Å². The van der Waals surface area contributed by atoms with Gasteiger partial charge in [0, 0.05) is 0 Å². The molecule has 0 aliphatic rings. The predicted molar refractivity (Wildman–Crippen MR) is 69.7 cm³/mol. The van der Waals surface area contributed by atoms with Crippen molar-refractivity contribution in [3.63, 3.8) is 0 Å². The zero-order chi connectivity index (χ0) is 12.8. The van der Waals surface area contributed by atoms with Gasteiger partial charge in [0.15, 0.2) is 18.8 Å². The summed E-state index contributed by atoms with van der Waals surface area (Å²) in [7, 11) is 0. The first kappa shape index (κ1) is 16.2. The fourth-order valence-corrected chi connectivity index (χ4v) is 1.45. The maximum Gasteiger partial charge on any atom is 0.189 e. The van der Waals surface area contributed by atoms with Crippen molar-refractivity contribution in [1.82, 2.24) is 0 Å². The number of unbranched alkanes of at least 4 members (excludes halogenated alkanes) is 5. The van der Waals surface area contributed by atoms with E-state index in [1.165, 1.54) is 25.7 Å². The van der Waals surface area contributed by atoms with Gasteiger partial charge in [0.1, 0.15) is 0 Å². The average molecular weight is 242 g/mol. The first-order valence-electron chi connectivity index (χ1n) is 6.71. The van der Waals surface area contributed by atoms with Gasteiger partial charge in [-0.1, -0.05) is 39.5 Å². The van der Waals surface area contributed by atoms with Gasteiger partial charge in [-0.15, -0.1) is 0 Å². The predicted octanol–water partition coefficient (Wildman–Crippen LogP) is 3.83. The van der Waals surface area contributed by atoms with Crippen LogP contribution < -0.4 is 0 Å². The average Bonchev–Trinajstić information content (AvgIpc) is 2.36. The first-order valence-corrected chi connectivity index (χ1v) is 6.71.